The Balaban J connectivity index is 1.37. The Hall–Kier alpha value is -1.78. The standard InChI is InChI=1S/C29H38O3Si/c1-4-5-6-7-13-33(14-12-19-15-20-16-23(19)29-28(20)32-29)26-10-8-21(30-2)17-24(26)25-18-22(31-3)9-11-27(25)33/h8-11,17-20,23,28-29H,4-7,12-16H2,1-3H3. The van der Waals surface area contributed by atoms with Crippen molar-refractivity contribution in [3.63, 3.8) is 0 Å². The van der Waals surface area contributed by atoms with Gasteiger partial charge in [0.15, 0.2) is 0 Å². The van der Waals surface area contributed by atoms with Crippen molar-refractivity contribution in [3.8, 4) is 22.6 Å². The zero-order chi connectivity index (χ0) is 22.6. The summed E-state index contributed by atoms with van der Waals surface area (Å²) in [6.45, 7) is 2.31. The van der Waals surface area contributed by atoms with Crippen LogP contribution in [0.25, 0.3) is 11.1 Å². The molecule has 2 bridgehead atoms. The smallest absolute Gasteiger partial charge is 0.119 e. The van der Waals surface area contributed by atoms with Gasteiger partial charge in [-0.3, -0.25) is 0 Å². The summed E-state index contributed by atoms with van der Waals surface area (Å²) in [6.07, 6.45) is 10.8. The molecule has 1 saturated heterocycles. The summed E-state index contributed by atoms with van der Waals surface area (Å²) in [7, 11) is 1.71. The molecule has 5 unspecified atom stereocenters. The number of unbranched alkanes of at least 4 members (excludes halogenated alkanes) is 3. The lowest BCUT2D eigenvalue weighted by Gasteiger charge is -2.32. The SMILES string of the molecule is CCCCCC[Si]1(CCC2CC3CC2C2OC32)c2ccc(OC)cc2-c2cc(OC)ccc21. The molecule has 0 amide bonds. The van der Waals surface area contributed by atoms with Crippen LogP contribution < -0.4 is 19.8 Å². The number of fused-ring (bicyclic) bond motifs is 8. The summed E-state index contributed by atoms with van der Waals surface area (Å²) >= 11 is 0. The minimum Gasteiger partial charge on any atom is -0.497 e. The lowest BCUT2D eigenvalue weighted by atomic mass is 9.87. The van der Waals surface area contributed by atoms with Crippen LogP contribution in [0.4, 0.5) is 0 Å². The van der Waals surface area contributed by atoms with Crippen LogP contribution in [0.3, 0.4) is 0 Å². The summed E-state index contributed by atoms with van der Waals surface area (Å²) in [5.74, 6) is 4.51. The van der Waals surface area contributed by atoms with Gasteiger partial charge >= 0.3 is 0 Å². The molecule has 0 radical (unpaired) electrons. The molecule has 2 aliphatic heterocycles. The summed E-state index contributed by atoms with van der Waals surface area (Å²) in [5, 5.41) is 3.29. The minimum atomic E-state index is -1.85. The van der Waals surface area contributed by atoms with E-state index in [0.717, 1.165) is 29.3 Å². The van der Waals surface area contributed by atoms with Crippen molar-refractivity contribution >= 4 is 18.4 Å². The molecule has 2 aliphatic carbocycles. The lowest BCUT2D eigenvalue weighted by Crippen LogP contribution is -2.55. The number of rotatable bonds is 10. The topological polar surface area (TPSA) is 31.0 Å². The zero-order valence-corrected chi connectivity index (χ0v) is 21.4. The average molecular weight is 463 g/mol. The third-order valence-corrected chi connectivity index (χ3v) is 14.7. The monoisotopic (exact) mass is 462 g/mol. The van der Waals surface area contributed by atoms with Crippen molar-refractivity contribution in [1.29, 1.82) is 0 Å². The summed E-state index contributed by atoms with van der Waals surface area (Å²) < 4.78 is 17.3. The molecule has 2 saturated carbocycles. The van der Waals surface area contributed by atoms with Gasteiger partial charge in [0.25, 0.3) is 0 Å². The van der Waals surface area contributed by atoms with Crippen LogP contribution in [0.15, 0.2) is 36.4 Å². The van der Waals surface area contributed by atoms with Crippen LogP contribution in [0.5, 0.6) is 11.5 Å². The van der Waals surface area contributed by atoms with E-state index in [1.54, 1.807) is 24.6 Å². The first-order valence-corrected chi connectivity index (χ1v) is 15.6. The number of epoxide rings is 1. The fourth-order valence-electron chi connectivity index (χ4n) is 7.74. The number of hydrogen-bond donors (Lipinski definition) is 0. The Morgan fingerprint density at radius 3 is 2.12 bits per heavy atom. The van der Waals surface area contributed by atoms with E-state index in [1.165, 1.54) is 68.2 Å². The Bertz CT molecular complexity index is 980. The molecule has 6 rings (SSSR count). The van der Waals surface area contributed by atoms with Crippen molar-refractivity contribution < 1.29 is 14.2 Å². The van der Waals surface area contributed by atoms with Gasteiger partial charge in [0, 0.05) is 0 Å². The molecule has 3 fully saturated rings. The van der Waals surface area contributed by atoms with E-state index in [0.29, 0.717) is 12.2 Å². The van der Waals surface area contributed by atoms with Crippen molar-refractivity contribution in [2.45, 2.75) is 76.2 Å². The molecule has 4 heteroatoms. The van der Waals surface area contributed by atoms with Crippen molar-refractivity contribution in [1.82, 2.24) is 0 Å². The largest absolute Gasteiger partial charge is 0.497 e. The van der Waals surface area contributed by atoms with E-state index in [9.17, 15) is 0 Å². The van der Waals surface area contributed by atoms with E-state index in [-0.39, 0.29) is 0 Å². The second-order valence-electron chi connectivity index (χ2n) is 11.0. The van der Waals surface area contributed by atoms with Crippen LogP contribution in [0.2, 0.25) is 12.1 Å². The van der Waals surface area contributed by atoms with Gasteiger partial charge < -0.3 is 14.2 Å². The Labute approximate surface area is 199 Å². The van der Waals surface area contributed by atoms with Gasteiger partial charge in [-0.25, -0.2) is 0 Å². The maximum atomic E-state index is 6.01. The summed E-state index contributed by atoms with van der Waals surface area (Å²) in [6, 6.07) is 16.6. The number of hydrogen-bond acceptors (Lipinski definition) is 3. The second kappa shape index (κ2) is 8.46. The molecule has 0 N–H and O–H groups in total. The first-order chi connectivity index (χ1) is 16.2. The van der Waals surface area contributed by atoms with Crippen LogP contribution in [-0.4, -0.2) is 34.5 Å². The molecular formula is C29H38O3Si. The molecule has 2 aromatic rings. The van der Waals surface area contributed by atoms with E-state index in [1.807, 2.05) is 0 Å². The molecule has 0 aromatic heterocycles. The highest BCUT2D eigenvalue weighted by Gasteiger charge is 2.63. The van der Waals surface area contributed by atoms with Crippen LogP contribution >= 0.6 is 0 Å². The first kappa shape index (κ1) is 21.7. The van der Waals surface area contributed by atoms with Crippen molar-refractivity contribution in [2.75, 3.05) is 14.2 Å². The third kappa shape index (κ3) is 3.47. The maximum Gasteiger partial charge on any atom is 0.119 e. The van der Waals surface area contributed by atoms with E-state index < -0.39 is 8.07 Å². The second-order valence-corrected chi connectivity index (χ2v) is 15.2. The number of benzene rings is 2. The van der Waals surface area contributed by atoms with Gasteiger partial charge in [0.05, 0.1) is 26.4 Å². The van der Waals surface area contributed by atoms with Crippen LogP contribution in [-0.2, 0) is 4.74 Å². The van der Waals surface area contributed by atoms with Crippen molar-refractivity contribution in [2.24, 2.45) is 17.8 Å². The fourth-order valence-corrected chi connectivity index (χ4v) is 13.3. The van der Waals surface area contributed by atoms with Crippen molar-refractivity contribution in [3.05, 3.63) is 36.4 Å². The Morgan fingerprint density at radius 2 is 1.55 bits per heavy atom. The molecule has 5 atom stereocenters. The molecular weight excluding hydrogens is 424 g/mol. The van der Waals surface area contributed by atoms with Gasteiger partial charge in [-0.15, -0.1) is 0 Å². The van der Waals surface area contributed by atoms with E-state index >= 15 is 0 Å². The highest BCUT2D eigenvalue weighted by atomic mass is 28.3. The van der Waals surface area contributed by atoms with E-state index in [2.05, 4.69) is 43.3 Å². The predicted molar refractivity (Wildman–Crippen MR) is 137 cm³/mol. The quantitative estimate of drug-likeness (QED) is 0.260. The van der Waals surface area contributed by atoms with Gasteiger partial charge in [0.2, 0.25) is 0 Å². The molecule has 0 spiro atoms. The fraction of sp³-hybridized carbons (Fsp3) is 0.586. The molecule has 2 heterocycles. The van der Waals surface area contributed by atoms with Crippen LogP contribution in [0, 0.1) is 17.8 Å². The molecule has 176 valence electrons. The molecule has 4 aliphatic rings. The number of methoxy groups -OCH3 is 2. The summed E-state index contributed by atoms with van der Waals surface area (Å²) in [4.78, 5) is 0. The maximum absolute atomic E-state index is 6.01. The minimum absolute atomic E-state index is 0.618. The van der Waals surface area contributed by atoms with Gasteiger partial charge in [-0.1, -0.05) is 51.2 Å². The molecule has 3 nitrogen and oxygen atoms in total. The van der Waals surface area contributed by atoms with Crippen LogP contribution in [0.1, 0.15) is 51.9 Å². The van der Waals surface area contributed by atoms with E-state index in [4.69, 9.17) is 14.2 Å². The average Bonchev–Trinajstić information content (AvgIpc) is 3.36. The predicted octanol–water partition coefficient (Wildman–Crippen LogP) is 5.64. The Kier molecular flexibility index (Phi) is 5.57. The highest BCUT2D eigenvalue weighted by Crippen LogP contribution is 2.60. The normalized spacial score (nSPS) is 29.5. The highest BCUT2D eigenvalue weighted by molar-refractivity contribution is 7.05. The number of ether oxygens (including phenoxy) is 3. The molecule has 33 heavy (non-hydrogen) atoms. The first-order valence-electron chi connectivity index (χ1n) is 13.2. The lowest BCUT2D eigenvalue weighted by molar-refractivity contribution is 0.248. The van der Waals surface area contributed by atoms with Gasteiger partial charge in [0.1, 0.15) is 19.6 Å². The zero-order valence-electron chi connectivity index (χ0n) is 20.4. The van der Waals surface area contributed by atoms with Gasteiger partial charge in [-0.2, -0.15) is 0 Å². The molecule has 2 aromatic carbocycles. The Morgan fingerprint density at radius 1 is 0.848 bits per heavy atom. The summed E-state index contributed by atoms with van der Waals surface area (Å²) in [5.41, 5.74) is 2.81. The van der Waals surface area contributed by atoms with Gasteiger partial charge in [-0.05, 0) is 88.4 Å². The third-order valence-electron chi connectivity index (χ3n) is 9.41.